The number of aliphatic hydroxyl groups excluding tert-OH is 1. The summed E-state index contributed by atoms with van der Waals surface area (Å²) in [6.45, 7) is -1.05. The lowest BCUT2D eigenvalue weighted by molar-refractivity contribution is -0.159. The fourth-order valence-electron chi connectivity index (χ4n) is 2.62. The molecule has 1 amide bonds. The van der Waals surface area contributed by atoms with Crippen LogP contribution in [0.1, 0.15) is 32.1 Å². The van der Waals surface area contributed by atoms with Gasteiger partial charge in [-0.05, 0) is 12.8 Å². The summed E-state index contributed by atoms with van der Waals surface area (Å²) < 4.78 is 36.8. The maximum absolute atomic E-state index is 12.3. The van der Waals surface area contributed by atoms with Crippen molar-refractivity contribution in [3.63, 3.8) is 0 Å². The van der Waals surface area contributed by atoms with Crippen LogP contribution in [0.15, 0.2) is 0 Å². The summed E-state index contributed by atoms with van der Waals surface area (Å²) in [6.07, 6.45) is 0.799. The average Bonchev–Trinajstić information content (AvgIpc) is 2.37. The van der Waals surface area contributed by atoms with E-state index in [1.54, 1.807) is 0 Å². The van der Waals surface area contributed by atoms with Crippen molar-refractivity contribution in [3.05, 3.63) is 0 Å². The summed E-state index contributed by atoms with van der Waals surface area (Å²) in [5, 5.41) is 9.06. The molecule has 0 bridgehead atoms. The van der Waals surface area contributed by atoms with Gasteiger partial charge in [-0.2, -0.15) is 13.2 Å². The number of alkyl halides is 3. The third-order valence-electron chi connectivity index (χ3n) is 3.66. The number of nitrogens with zero attached hydrogens (tertiary/aromatic N) is 2. The van der Waals surface area contributed by atoms with Crippen LogP contribution < -0.4 is 0 Å². The Kier molecular flexibility index (Phi) is 6.75. The minimum absolute atomic E-state index is 0.0577. The molecule has 0 heterocycles. The van der Waals surface area contributed by atoms with Crippen molar-refractivity contribution in [1.82, 2.24) is 9.80 Å². The van der Waals surface area contributed by atoms with E-state index in [1.807, 2.05) is 4.90 Å². The standard InChI is InChI=1S/C13H23F3N2O2/c1-17(10-13(14,15)16)12(20)9-18(7-8-19)11-5-3-2-4-6-11/h11,19H,2-10H2,1H3. The normalized spacial score (nSPS) is 17.5. The topological polar surface area (TPSA) is 43.8 Å². The average molecular weight is 296 g/mol. The number of halogens is 3. The van der Waals surface area contributed by atoms with Crippen LogP contribution in [-0.2, 0) is 4.79 Å². The summed E-state index contributed by atoms with van der Waals surface area (Å²) in [7, 11) is 1.16. The highest BCUT2D eigenvalue weighted by molar-refractivity contribution is 5.78. The second-order valence-electron chi connectivity index (χ2n) is 5.35. The molecule has 1 rings (SSSR count). The van der Waals surface area contributed by atoms with Gasteiger partial charge in [-0.25, -0.2) is 0 Å². The van der Waals surface area contributed by atoms with E-state index in [9.17, 15) is 18.0 Å². The van der Waals surface area contributed by atoms with Gasteiger partial charge in [0.15, 0.2) is 0 Å². The van der Waals surface area contributed by atoms with Crippen LogP contribution >= 0.6 is 0 Å². The molecule has 1 aliphatic rings. The molecule has 0 saturated heterocycles. The SMILES string of the molecule is CN(CC(F)(F)F)C(=O)CN(CCO)C1CCCCC1. The molecular formula is C13H23F3N2O2. The smallest absolute Gasteiger partial charge is 0.395 e. The highest BCUT2D eigenvalue weighted by Gasteiger charge is 2.32. The number of carbonyl (C=O) groups is 1. The van der Waals surface area contributed by atoms with Gasteiger partial charge in [0, 0.05) is 19.6 Å². The van der Waals surface area contributed by atoms with Crippen molar-refractivity contribution in [2.24, 2.45) is 0 Å². The molecule has 118 valence electrons. The Morgan fingerprint density at radius 2 is 1.85 bits per heavy atom. The van der Waals surface area contributed by atoms with Gasteiger partial charge < -0.3 is 10.0 Å². The maximum Gasteiger partial charge on any atom is 0.406 e. The molecule has 0 aromatic rings. The third-order valence-corrected chi connectivity index (χ3v) is 3.66. The van der Waals surface area contributed by atoms with E-state index in [0.717, 1.165) is 39.2 Å². The molecular weight excluding hydrogens is 273 g/mol. The van der Waals surface area contributed by atoms with Gasteiger partial charge in [-0.3, -0.25) is 9.69 Å². The van der Waals surface area contributed by atoms with Gasteiger partial charge in [-0.1, -0.05) is 19.3 Å². The molecule has 0 aromatic carbocycles. The van der Waals surface area contributed by atoms with Crippen molar-refractivity contribution in [1.29, 1.82) is 0 Å². The van der Waals surface area contributed by atoms with E-state index < -0.39 is 18.6 Å². The van der Waals surface area contributed by atoms with Gasteiger partial charge in [0.2, 0.25) is 5.91 Å². The van der Waals surface area contributed by atoms with Gasteiger partial charge in [0.05, 0.1) is 13.2 Å². The largest absolute Gasteiger partial charge is 0.406 e. The first-order valence-corrected chi connectivity index (χ1v) is 6.99. The first-order chi connectivity index (χ1) is 9.33. The fourth-order valence-corrected chi connectivity index (χ4v) is 2.62. The van der Waals surface area contributed by atoms with Crippen molar-refractivity contribution in [3.8, 4) is 0 Å². The van der Waals surface area contributed by atoms with Crippen molar-refractivity contribution in [2.75, 3.05) is 33.3 Å². The predicted octanol–water partition coefficient (Wildman–Crippen LogP) is 1.63. The number of aliphatic hydroxyl groups is 1. The lowest BCUT2D eigenvalue weighted by Crippen LogP contribution is -2.47. The highest BCUT2D eigenvalue weighted by Crippen LogP contribution is 2.22. The Hall–Kier alpha value is -0.820. The summed E-state index contributed by atoms with van der Waals surface area (Å²) >= 11 is 0. The highest BCUT2D eigenvalue weighted by atomic mass is 19.4. The number of hydrogen-bond donors (Lipinski definition) is 1. The zero-order chi connectivity index (χ0) is 15.2. The van der Waals surface area contributed by atoms with Gasteiger partial charge >= 0.3 is 6.18 Å². The Balaban J connectivity index is 2.53. The summed E-state index contributed by atoms with van der Waals surface area (Å²) in [5.41, 5.74) is 0. The number of carbonyl (C=O) groups excluding carboxylic acids is 1. The monoisotopic (exact) mass is 296 g/mol. The molecule has 4 nitrogen and oxygen atoms in total. The Labute approximate surface area is 117 Å². The summed E-state index contributed by atoms with van der Waals surface area (Å²) in [6, 6.07) is 0.194. The Morgan fingerprint density at radius 1 is 1.25 bits per heavy atom. The van der Waals surface area contributed by atoms with Crippen LogP contribution in [0.2, 0.25) is 0 Å². The predicted molar refractivity (Wildman–Crippen MR) is 69.2 cm³/mol. The Bertz CT molecular complexity index is 304. The second-order valence-corrected chi connectivity index (χ2v) is 5.35. The molecule has 1 saturated carbocycles. The van der Waals surface area contributed by atoms with E-state index in [2.05, 4.69) is 0 Å². The maximum atomic E-state index is 12.3. The van der Waals surface area contributed by atoms with Crippen molar-refractivity contribution in [2.45, 2.75) is 44.3 Å². The molecule has 0 spiro atoms. The lowest BCUT2D eigenvalue weighted by atomic mass is 9.94. The van der Waals surface area contributed by atoms with Crippen LogP contribution in [-0.4, -0.2) is 66.3 Å². The van der Waals surface area contributed by atoms with E-state index in [0.29, 0.717) is 11.4 Å². The van der Waals surface area contributed by atoms with E-state index in [4.69, 9.17) is 5.11 Å². The molecule has 1 N–H and O–H groups in total. The summed E-state index contributed by atoms with van der Waals surface area (Å²) in [4.78, 5) is 14.4. The first-order valence-electron chi connectivity index (χ1n) is 6.99. The van der Waals surface area contributed by atoms with Crippen LogP contribution in [0.5, 0.6) is 0 Å². The molecule has 0 aliphatic heterocycles. The molecule has 0 aromatic heterocycles. The van der Waals surface area contributed by atoms with Crippen molar-refractivity contribution < 1.29 is 23.1 Å². The fraction of sp³-hybridized carbons (Fsp3) is 0.923. The minimum atomic E-state index is -4.38. The number of rotatable bonds is 6. The minimum Gasteiger partial charge on any atom is -0.395 e. The second kappa shape index (κ2) is 7.83. The van der Waals surface area contributed by atoms with E-state index >= 15 is 0 Å². The zero-order valence-electron chi connectivity index (χ0n) is 11.8. The number of amides is 1. The summed E-state index contributed by atoms with van der Waals surface area (Å²) in [5.74, 6) is -0.554. The van der Waals surface area contributed by atoms with Crippen LogP contribution in [0.3, 0.4) is 0 Å². The number of likely N-dealkylation sites (N-methyl/N-ethyl adjacent to an activating group) is 1. The molecule has 0 radical (unpaired) electrons. The molecule has 7 heteroatoms. The quantitative estimate of drug-likeness (QED) is 0.810. The third kappa shape index (κ3) is 6.09. The first kappa shape index (κ1) is 17.2. The van der Waals surface area contributed by atoms with Gasteiger partial charge in [0.1, 0.15) is 6.54 Å². The molecule has 0 atom stereocenters. The van der Waals surface area contributed by atoms with E-state index in [1.165, 1.54) is 0 Å². The van der Waals surface area contributed by atoms with Crippen LogP contribution in [0.25, 0.3) is 0 Å². The lowest BCUT2D eigenvalue weighted by Gasteiger charge is -2.34. The molecule has 1 aliphatic carbocycles. The van der Waals surface area contributed by atoms with Crippen molar-refractivity contribution >= 4 is 5.91 Å². The molecule has 20 heavy (non-hydrogen) atoms. The van der Waals surface area contributed by atoms with E-state index in [-0.39, 0.29) is 19.2 Å². The molecule has 0 unspecified atom stereocenters. The van der Waals surface area contributed by atoms with Gasteiger partial charge in [-0.15, -0.1) is 0 Å². The molecule has 1 fully saturated rings. The van der Waals surface area contributed by atoms with Crippen LogP contribution in [0, 0.1) is 0 Å². The van der Waals surface area contributed by atoms with Gasteiger partial charge in [0.25, 0.3) is 0 Å². The Morgan fingerprint density at radius 3 is 2.35 bits per heavy atom. The zero-order valence-corrected chi connectivity index (χ0v) is 11.8. The number of hydrogen-bond acceptors (Lipinski definition) is 3. The van der Waals surface area contributed by atoms with Crippen LogP contribution in [0.4, 0.5) is 13.2 Å².